The molecule has 1 amide bonds. The van der Waals surface area contributed by atoms with Gasteiger partial charge in [0, 0.05) is 18.3 Å². The number of nitrogens with zero attached hydrogens (tertiary/aromatic N) is 1. The number of rotatable bonds is 6. The second kappa shape index (κ2) is 8.57. The maximum atomic E-state index is 13.5. The molecule has 1 saturated heterocycles. The largest absolute Gasteiger partial charge is 0.496 e. The number of halogens is 1. The predicted octanol–water partition coefficient (Wildman–Crippen LogP) is 2.03. The summed E-state index contributed by atoms with van der Waals surface area (Å²) in [5.74, 6) is -1.22. The fourth-order valence-corrected chi connectivity index (χ4v) is 4.11. The van der Waals surface area contributed by atoms with E-state index in [9.17, 15) is 17.6 Å². The number of carbonyl (C=O) groups excluding carboxylic acids is 1. The van der Waals surface area contributed by atoms with Crippen molar-refractivity contribution in [1.29, 1.82) is 5.26 Å². The maximum Gasteiger partial charge on any atom is 0.259 e. The first-order chi connectivity index (χ1) is 13.8. The number of nitrogens with one attached hydrogen (secondary N) is 2. The van der Waals surface area contributed by atoms with Crippen molar-refractivity contribution in [2.24, 2.45) is 0 Å². The van der Waals surface area contributed by atoms with Gasteiger partial charge in [0.25, 0.3) is 5.91 Å². The molecule has 1 fully saturated rings. The maximum absolute atomic E-state index is 13.5. The smallest absolute Gasteiger partial charge is 0.259 e. The molecule has 3 rings (SSSR count). The number of carbonyl (C=O) groups is 1. The van der Waals surface area contributed by atoms with Gasteiger partial charge in [-0.3, -0.25) is 4.79 Å². The van der Waals surface area contributed by atoms with Crippen LogP contribution in [0.3, 0.4) is 0 Å². The Kier molecular flexibility index (Phi) is 6.12. The zero-order valence-electron chi connectivity index (χ0n) is 15.4. The van der Waals surface area contributed by atoms with Crippen LogP contribution in [0.5, 0.6) is 5.75 Å². The van der Waals surface area contributed by atoms with E-state index >= 15 is 0 Å². The molecule has 0 spiro atoms. The van der Waals surface area contributed by atoms with Crippen molar-refractivity contribution in [3.05, 3.63) is 53.3 Å². The molecule has 152 valence electrons. The normalized spacial score (nSPS) is 16.2. The highest BCUT2D eigenvalue weighted by atomic mass is 32.2. The summed E-state index contributed by atoms with van der Waals surface area (Å²) in [4.78, 5) is 12.6. The standard InChI is InChI=1S/C19H18FN3O5S/c1-27-18-5-3-15(29(25,26)23-14-6-7-28-11-14)9-16(18)19(24)22-13-2-4-17(20)12(8-13)10-21/h2-5,8-9,14,23H,6-7,11H2,1H3,(H,22,24). The number of amides is 1. The molecule has 2 N–H and O–H groups in total. The average molecular weight is 419 g/mol. The monoisotopic (exact) mass is 419 g/mol. The third-order valence-electron chi connectivity index (χ3n) is 4.32. The Morgan fingerprint density at radius 3 is 2.76 bits per heavy atom. The summed E-state index contributed by atoms with van der Waals surface area (Å²) in [5.41, 5.74) is -0.0700. The van der Waals surface area contributed by atoms with E-state index < -0.39 is 21.7 Å². The highest BCUT2D eigenvalue weighted by Gasteiger charge is 2.25. The van der Waals surface area contributed by atoms with E-state index in [0.717, 1.165) is 6.07 Å². The van der Waals surface area contributed by atoms with Gasteiger partial charge in [0.15, 0.2) is 0 Å². The molecule has 2 aromatic carbocycles. The zero-order chi connectivity index (χ0) is 21.0. The van der Waals surface area contributed by atoms with Gasteiger partial charge in [-0.2, -0.15) is 5.26 Å². The van der Waals surface area contributed by atoms with Crippen LogP contribution in [0.2, 0.25) is 0 Å². The van der Waals surface area contributed by atoms with Crippen LogP contribution in [0.1, 0.15) is 22.3 Å². The lowest BCUT2D eigenvalue weighted by Crippen LogP contribution is -2.35. The minimum absolute atomic E-state index is 0.0270. The van der Waals surface area contributed by atoms with Gasteiger partial charge >= 0.3 is 0 Å². The summed E-state index contributed by atoms with van der Waals surface area (Å²) >= 11 is 0. The van der Waals surface area contributed by atoms with Crippen molar-refractivity contribution >= 4 is 21.6 Å². The molecule has 0 saturated carbocycles. The second-order valence-electron chi connectivity index (χ2n) is 6.30. The molecule has 1 unspecified atom stereocenters. The number of sulfonamides is 1. The quantitative estimate of drug-likeness (QED) is 0.740. The van der Waals surface area contributed by atoms with Crippen molar-refractivity contribution < 1.29 is 27.1 Å². The van der Waals surface area contributed by atoms with E-state index in [2.05, 4.69) is 10.0 Å². The van der Waals surface area contributed by atoms with Gasteiger partial charge in [0.1, 0.15) is 17.6 Å². The summed E-state index contributed by atoms with van der Waals surface area (Å²) in [6.07, 6.45) is 0.564. The summed E-state index contributed by atoms with van der Waals surface area (Å²) in [5, 5.41) is 11.4. The van der Waals surface area contributed by atoms with Gasteiger partial charge < -0.3 is 14.8 Å². The third kappa shape index (κ3) is 4.71. The summed E-state index contributed by atoms with van der Waals surface area (Å²) in [7, 11) is -2.52. The molecule has 0 bridgehead atoms. The Morgan fingerprint density at radius 2 is 2.10 bits per heavy atom. The van der Waals surface area contributed by atoms with Crippen LogP contribution in [0.4, 0.5) is 10.1 Å². The van der Waals surface area contributed by atoms with E-state index in [1.54, 1.807) is 6.07 Å². The molecule has 1 aliphatic rings. The van der Waals surface area contributed by atoms with E-state index in [-0.39, 0.29) is 40.1 Å². The molecule has 1 heterocycles. The number of methoxy groups -OCH3 is 1. The molecule has 1 aliphatic heterocycles. The third-order valence-corrected chi connectivity index (χ3v) is 5.84. The fraction of sp³-hybridized carbons (Fsp3) is 0.263. The molecule has 0 aliphatic carbocycles. The number of hydrogen-bond acceptors (Lipinski definition) is 6. The number of hydrogen-bond donors (Lipinski definition) is 2. The van der Waals surface area contributed by atoms with Crippen LogP contribution >= 0.6 is 0 Å². The lowest BCUT2D eigenvalue weighted by molar-refractivity contribution is 0.102. The fourth-order valence-electron chi connectivity index (χ4n) is 2.83. The number of nitriles is 1. The van der Waals surface area contributed by atoms with Gasteiger partial charge in [0.2, 0.25) is 10.0 Å². The molecular formula is C19H18FN3O5S. The van der Waals surface area contributed by atoms with E-state index in [1.165, 1.54) is 37.4 Å². The highest BCUT2D eigenvalue weighted by Crippen LogP contribution is 2.25. The van der Waals surface area contributed by atoms with Gasteiger partial charge in [-0.1, -0.05) is 0 Å². The van der Waals surface area contributed by atoms with Crippen molar-refractivity contribution in [2.75, 3.05) is 25.6 Å². The lowest BCUT2D eigenvalue weighted by Gasteiger charge is -2.14. The number of ether oxygens (including phenoxy) is 2. The van der Waals surface area contributed by atoms with Crippen LogP contribution in [-0.4, -0.2) is 40.7 Å². The van der Waals surface area contributed by atoms with Gasteiger partial charge in [-0.25, -0.2) is 17.5 Å². The van der Waals surface area contributed by atoms with E-state index in [4.69, 9.17) is 14.7 Å². The molecule has 0 aromatic heterocycles. The van der Waals surface area contributed by atoms with E-state index in [0.29, 0.717) is 13.0 Å². The Morgan fingerprint density at radius 1 is 1.31 bits per heavy atom. The Bertz CT molecular complexity index is 1080. The molecule has 2 aromatic rings. The molecule has 1 atom stereocenters. The first kappa shape index (κ1) is 20.7. The number of anilines is 1. The van der Waals surface area contributed by atoms with Crippen LogP contribution in [-0.2, 0) is 14.8 Å². The van der Waals surface area contributed by atoms with Crippen LogP contribution in [0.25, 0.3) is 0 Å². The van der Waals surface area contributed by atoms with Crippen molar-refractivity contribution in [1.82, 2.24) is 4.72 Å². The molecule has 8 nitrogen and oxygen atoms in total. The molecule has 0 radical (unpaired) electrons. The van der Waals surface area contributed by atoms with Crippen LogP contribution in [0.15, 0.2) is 41.3 Å². The van der Waals surface area contributed by atoms with Crippen molar-refractivity contribution in [3.63, 3.8) is 0 Å². The van der Waals surface area contributed by atoms with Gasteiger partial charge in [0.05, 0.1) is 29.7 Å². The average Bonchev–Trinajstić information content (AvgIpc) is 3.21. The van der Waals surface area contributed by atoms with Crippen molar-refractivity contribution in [3.8, 4) is 11.8 Å². The van der Waals surface area contributed by atoms with Gasteiger partial charge in [-0.05, 0) is 42.8 Å². The predicted molar refractivity (Wildman–Crippen MR) is 102 cm³/mol. The Labute approximate surface area is 167 Å². The van der Waals surface area contributed by atoms with Gasteiger partial charge in [-0.15, -0.1) is 0 Å². The highest BCUT2D eigenvalue weighted by molar-refractivity contribution is 7.89. The Balaban J connectivity index is 1.88. The first-order valence-electron chi connectivity index (χ1n) is 8.63. The zero-order valence-corrected chi connectivity index (χ0v) is 16.3. The second-order valence-corrected chi connectivity index (χ2v) is 8.02. The molecule has 29 heavy (non-hydrogen) atoms. The van der Waals surface area contributed by atoms with Crippen LogP contribution in [0, 0.1) is 17.1 Å². The van der Waals surface area contributed by atoms with Crippen LogP contribution < -0.4 is 14.8 Å². The minimum Gasteiger partial charge on any atom is -0.496 e. The summed E-state index contributed by atoms with van der Waals surface area (Å²) < 4.78 is 51.6. The summed E-state index contributed by atoms with van der Waals surface area (Å²) in [6.45, 7) is 0.764. The Hall–Kier alpha value is -3.00. The minimum atomic E-state index is -3.87. The summed E-state index contributed by atoms with van der Waals surface area (Å²) in [6, 6.07) is 8.79. The molecular weight excluding hydrogens is 401 g/mol. The van der Waals surface area contributed by atoms with Crippen molar-refractivity contribution in [2.45, 2.75) is 17.4 Å². The SMILES string of the molecule is COc1ccc(S(=O)(=O)NC2CCOC2)cc1C(=O)Nc1ccc(F)c(C#N)c1. The number of benzene rings is 2. The lowest BCUT2D eigenvalue weighted by atomic mass is 10.1. The first-order valence-corrected chi connectivity index (χ1v) is 10.1. The topological polar surface area (TPSA) is 118 Å². The van der Waals surface area contributed by atoms with E-state index in [1.807, 2.05) is 0 Å². The molecule has 10 heteroatoms.